The zero-order valence-corrected chi connectivity index (χ0v) is 13.7. The predicted octanol–water partition coefficient (Wildman–Crippen LogP) is 4.16. The minimum absolute atomic E-state index is 0.104. The Morgan fingerprint density at radius 1 is 1.24 bits per heavy atom. The van der Waals surface area contributed by atoms with Crippen LogP contribution in [0.25, 0.3) is 0 Å². The fourth-order valence-corrected chi connectivity index (χ4v) is 3.99. The van der Waals surface area contributed by atoms with Crippen LogP contribution in [0.5, 0.6) is 11.5 Å². The van der Waals surface area contributed by atoms with Crippen molar-refractivity contribution < 1.29 is 9.47 Å². The maximum absolute atomic E-state index is 6.27. The molecule has 2 unspecified atom stereocenters. The number of benzene rings is 1. The van der Waals surface area contributed by atoms with Crippen molar-refractivity contribution in [3.8, 4) is 11.5 Å². The lowest BCUT2D eigenvalue weighted by molar-refractivity contribution is 0.153. The molecule has 2 heterocycles. The van der Waals surface area contributed by atoms with Gasteiger partial charge in [-0.15, -0.1) is 11.3 Å². The number of aryl methyl sites for hydroxylation is 2. The monoisotopic (exact) mass is 303 g/mol. The van der Waals surface area contributed by atoms with Crippen molar-refractivity contribution in [3.63, 3.8) is 0 Å². The first-order chi connectivity index (χ1) is 10.1. The van der Waals surface area contributed by atoms with Crippen LogP contribution in [0.4, 0.5) is 0 Å². The van der Waals surface area contributed by atoms with Crippen LogP contribution >= 0.6 is 11.3 Å². The number of hydrogen-bond acceptors (Lipinski definition) is 4. The lowest BCUT2D eigenvalue weighted by Crippen LogP contribution is -2.26. The van der Waals surface area contributed by atoms with Gasteiger partial charge >= 0.3 is 0 Å². The molecule has 1 N–H and O–H groups in total. The lowest BCUT2D eigenvalue weighted by Gasteiger charge is -2.32. The zero-order chi connectivity index (χ0) is 15.0. The van der Waals surface area contributed by atoms with E-state index in [0.717, 1.165) is 17.9 Å². The molecule has 3 rings (SSSR count). The normalized spacial score (nSPS) is 20.8. The predicted molar refractivity (Wildman–Crippen MR) is 86.6 cm³/mol. The van der Waals surface area contributed by atoms with E-state index in [1.807, 2.05) is 30.5 Å². The van der Waals surface area contributed by atoms with Crippen molar-refractivity contribution in [1.29, 1.82) is 0 Å². The van der Waals surface area contributed by atoms with Gasteiger partial charge in [0.05, 0.1) is 7.11 Å². The third kappa shape index (κ3) is 2.65. The Balaban J connectivity index is 1.98. The average molecular weight is 303 g/mol. The minimum atomic E-state index is 0.104. The van der Waals surface area contributed by atoms with Gasteiger partial charge < -0.3 is 14.8 Å². The third-order valence-electron chi connectivity index (χ3n) is 4.09. The summed E-state index contributed by atoms with van der Waals surface area (Å²) in [6.07, 6.45) is 1.05. The Morgan fingerprint density at radius 2 is 2.05 bits per heavy atom. The van der Waals surface area contributed by atoms with Gasteiger partial charge in [0.1, 0.15) is 17.6 Å². The van der Waals surface area contributed by atoms with Crippen LogP contribution in [0, 0.1) is 13.8 Å². The van der Waals surface area contributed by atoms with E-state index in [4.69, 9.17) is 9.47 Å². The molecule has 0 aliphatic carbocycles. The number of methoxy groups -OCH3 is 1. The van der Waals surface area contributed by atoms with Crippen molar-refractivity contribution in [2.75, 3.05) is 14.2 Å². The van der Waals surface area contributed by atoms with Gasteiger partial charge in [0, 0.05) is 39.4 Å². The van der Waals surface area contributed by atoms with Gasteiger partial charge in [-0.05, 0) is 33.0 Å². The highest BCUT2D eigenvalue weighted by Gasteiger charge is 2.30. The molecule has 1 aliphatic heterocycles. The molecule has 0 radical (unpaired) electrons. The smallest absolute Gasteiger partial charge is 0.128 e. The van der Waals surface area contributed by atoms with Crippen molar-refractivity contribution in [3.05, 3.63) is 45.1 Å². The van der Waals surface area contributed by atoms with Crippen molar-refractivity contribution in [2.45, 2.75) is 32.4 Å². The van der Waals surface area contributed by atoms with Crippen LogP contribution in [0.1, 0.15) is 39.4 Å². The number of nitrogens with one attached hydrogen (secondary N) is 1. The summed E-state index contributed by atoms with van der Waals surface area (Å²) in [5, 5.41) is 3.41. The first-order valence-electron chi connectivity index (χ1n) is 7.21. The Labute approximate surface area is 129 Å². The molecule has 0 bridgehead atoms. The van der Waals surface area contributed by atoms with Crippen molar-refractivity contribution in [2.24, 2.45) is 0 Å². The number of thiophene rings is 1. The topological polar surface area (TPSA) is 30.5 Å². The molecule has 0 spiro atoms. The second-order valence-corrected chi connectivity index (χ2v) is 6.92. The zero-order valence-electron chi connectivity index (χ0n) is 12.9. The Hall–Kier alpha value is -1.52. The van der Waals surface area contributed by atoms with Crippen LogP contribution in [0.2, 0.25) is 0 Å². The van der Waals surface area contributed by atoms with Gasteiger partial charge in [0.15, 0.2) is 0 Å². The maximum Gasteiger partial charge on any atom is 0.128 e. The molecule has 112 valence electrons. The molecule has 0 fully saturated rings. The molecule has 1 aliphatic rings. The molecule has 0 saturated carbocycles. The van der Waals surface area contributed by atoms with Crippen LogP contribution in [0.3, 0.4) is 0 Å². The van der Waals surface area contributed by atoms with Crippen LogP contribution in [0.15, 0.2) is 24.3 Å². The number of rotatable bonds is 3. The van der Waals surface area contributed by atoms with E-state index < -0.39 is 0 Å². The summed E-state index contributed by atoms with van der Waals surface area (Å²) in [6, 6.07) is 8.64. The average Bonchev–Trinajstić information content (AvgIpc) is 2.84. The third-order valence-corrected chi connectivity index (χ3v) is 5.07. The number of hydrogen-bond donors (Lipinski definition) is 1. The second kappa shape index (κ2) is 5.70. The fraction of sp³-hybridized carbons (Fsp3) is 0.412. The van der Waals surface area contributed by atoms with Gasteiger partial charge in [-0.2, -0.15) is 0 Å². The number of ether oxygens (including phenoxy) is 2. The molecular formula is C17H21NO2S. The van der Waals surface area contributed by atoms with E-state index in [1.165, 1.54) is 20.9 Å². The van der Waals surface area contributed by atoms with Crippen LogP contribution in [-0.4, -0.2) is 14.2 Å². The van der Waals surface area contributed by atoms with Crippen LogP contribution in [-0.2, 0) is 0 Å². The lowest BCUT2D eigenvalue weighted by atomic mass is 9.93. The second-order valence-electron chi connectivity index (χ2n) is 5.46. The van der Waals surface area contributed by atoms with Gasteiger partial charge in [0.25, 0.3) is 0 Å². The first-order valence-corrected chi connectivity index (χ1v) is 8.02. The summed E-state index contributed by atoms with van der Waals surface area (Å²) in [5.74, 6) is 1.76. The van der Waals surface area contributed by atoms with E-state index in [0.29, 0.717) is 6.04 Å². The summed E-state index contributed by atoms with van der Waals surface area (Å²) in [7, 11) is 3.69. The van der Waals surface area contributed by atoms with Crippen molar-refractivity contribution >= 4 is 11.3 Å². The van der Waals surface area contributed by atoms with E-state index in [9.17, 15) is 0 Å². The Bertz CT molecular complexity index is 650. The molecule has 2 atom stereocenters. The van der Waals surface area contributed by atoms with Crippen molar-refractivity contribution in [1.82, 2.24) is 5.32 Å². The van der Waals surface area contributed by atoms with Gasteiger partial charge in [-0.1, -0.05) is 6.07 Å². The fourth-order valence-electron chi connectivity index (χ4n) is 3.01. The van der Waals surface area contributed by atoms with Gasteiger partial charge in [0.2, 0.25) is 0 Å². The molecular weight excluding hydrogens is 282 g/mol. The molecule has 2 aromatic rings. The first kappa shape index (κ1) is 14.4. The molecule has 1 aromatic carbocycles. The highest BCUT2D eigenvalue weighted by atomic mass is 32.1. The summed E-state index contributed by atoms with van der Waals surface area (Å²) < 4.78 is 11.6. The minimum Gasteiger partial charge on any atom is -0.497 e. The van der Waals surface area contributed by atoms with Crippen LogP contribution < -0.4 is 14.8 Å². The Morgan fingerprint density at radius 3 is 2.67 bits per heavy atom. The Kier molecular flexibility index (Phi) is 3.91. The maximum atomic E-state index is 6.27. The molecule has 0 amide bonds. The van der Waals surface area contributed by atoms with E-state index in [2.05, 4.69) is 31.3 Å². The highest BCUT2D eigenvalue weighted by Crippen LogP contribution is 2.43. The molecule has 1 aromatic heterocycles. The van der Waals surface area contributed by atoms with E-state index in [1.54, 1.807) is 7.11 Å². The molecule has 21 heavy (non-hydrogen) atoms. The largest absolute Gasteiger partial charge is 0.497 e. The van der Waals surface area contributed by atoms with Gasteiger partial charge in [-0.3, -0.25) is 0 Å². The molecule has 3 nitrogen and oxygen atoms in total. The van der Waals surface area contributed by atoms with E-state index in [-0.39, 0.29) is 6.10 Å². The summed E-state index contributed by atoms with van der Waals surface area (Å²) in [6.45, 7) is 4.32. The standard InChI is InChI=1S/C17H21NO2S/c1-10-7-14(11(2)21-10)17-9-15(18-3)13-6-5-12(19-4)8-16(13)20-17/h5-8,15,17-18H,9H2,1-4H3. The quantitative estimate of drug-likeness (QED) is 0.923. The summed E-state index contributed by atoms with van der Waals surface area (Å²) in [5.41, 5.74) is 2.52. The molecule has 4 heteroatoms. The summed E-state index contributed by atoms with van der Waals surface area (Å²) in [4.78, 5) is 2.68. The molecule has 0 saturated heterocycles. The SMILES string of the molecule is CNC1CC(c2cc(C)sc2C)Oc2cc(OC)ccc21. The van der Waals surface area contributed by atoms with E-state index >= 15 is 0 Å². The summed E-state index contributed by atoms with van der Waals surface area (Å²) >= 11 is 1.84. The van der Waals surface area contributed by atoms with Gasteiger partial charge in [-0.25, -0.2) is 0 Å². The highest BCUT2D eigenvalue weighted by molar-refractivity contribution is 7.12. The number of fused-ring (bicyclic) bond motifs is 1.